The van der Waals surface area contributed by atoms with Crippen molar-refractivity contribution in [2.75, 3.05) is 7.05 Å². The van der Waals surface area contributed by atoms with E-state index in [4.69, 9.17) is 4.74 Å². The number of hydrogen-bond acceptors (Lipinski definition) is 4. The smallest absolute Gasteiger partial charge is 0.410 e. The van der Waals surface area contributed by atoms with Gasteiger partial charge in [-0.3, -0.25) is 4.90 Å². The second kappa shape index (κ2) is 7.10. The first-order chi connectivity index (χ1) is 9.70. The minimum absolute atomic E-state index is 0.350. The molecule has 1 amide bonds. The Hall–Kier alpha value is -2.05. The summed E-state index contributed by atoms with van der Waals surface area (Å²) in [5.74, 6) is -1.03. The van der Waals surface area contributed by atoms with E-state index in [2.05, 4.69) is 4.98 Å². The molecule has 0 fully saturated rings. The molecule has 118 valence electrons. The lowest BCUT2D eigenvalue weighted by Crippen LogP contribution is -2.44. The van der Waals surface area contributed by atoms with Crippen molar-refractivity contribution in [3.63, 3.8) is 0 Å². The number of ether oxygens (including phenoxy) is 1. The number of carbonyl (C=O) groups excluding carboxylic acids is 1. The van der Waals surface area contributed by atoms with Gasteiger partial charge in [-0.15, -0.1) is 0 Å². The van der Waals surface area contributed by atoms with Crippen LogP contribution in [-0.4, -0.2) is 50.3 Å². The van der Waals surface area contributed by atoms with E-state index in [1.165, 1.54) is 7.05 Å². The number of aryl methyl sites for hydroxylation is 1. The van der Waals surface area contributed by atoms with Crippen LogP contribution in [0.25, 0.3) is 0 Å². The molecule has 0 aliphatic carbocycles. The van der Waals surface area contributed by atoms with Gasteiger partial charge in [0.1, 0.15) is 11.6 Å². The third-order valence-corrected chi connectivity index (χ3v) is 2.89. The maximum Gasteiger partial charge on any atom is 0.410 e. The molecule has 0 bridgehead atoms. The van der Waals surface area contributed by atoms with Gasteiger partial charge in [0, 0.05) is 26.0 Å². The molecule has 7 nitrogen and oxygen atoms in total. The molecule has 0 aliphatic heterocycles. The molecule has 1 atom stereocenters. The largest absolute Gasteiger partial charge is 0.480 e. The lowest BCUT2D eigenvalue weighted by atomic mass is 10.1. The minimum Gasteiger partial charge on any atom is -0.480 e. The van der Waals surface area contributed by atoms with E-state index in [1.54, 1.807) is 33.3 Å². The molecule has 7 heteroatoms. The Morgan fingerprint density at radius 2 is 2.10 bits per heavy atom. The summed E-state index contributed by atoms with van der Waals surface area (Å²) < 4.78 is 7.06. The van der Waals surface area contributed by atoms with Crippen LogP contribution in [-0.2, 0) is 16.1 Å². The Kier molecular flexibility index (Phi) is 5.75. The maximum absolute atomic E-state index is 11.9. The van der Waals surface area contributed by atoms with E-state index >= 15 is 0 Å². The molecule has 1 aromatic rings. The average molecular weight is 297 g/mol. The molecular formula is C14H23N3O4. The number of amides is 1. The molecule has 1 rings (SSSR count). The Balaban J connectivity index is 2.55. The molecule has 0 saturated carbocycles. The van der Waals surface area contributed by atoms with Crippen molar-refractivity contribution < 1.29 is 19.4 Å². The monoisotopic (exact) mass is 297 g/mol. The second-order valence-corrected chi connectivity index (χ2v) is 5.89. The van der Waals surface area contributed by atoms with Crippen molar-refractivity contribution in [2.45, 2.75) is 51.8 Å². The lowest BCUT2D eigenvalue weighted by Gasteiger charge is -2.28. The van der Waals surface area contributed by atoms with Crippen LogP contribution in [0, 0.1) is 0 Å². The number of hydrogen-bond donors (Lipinski definition) is 1. The van der Waals surface area contributed by atoms with Crippen LogP contribution in [0.15, 0.2) is 18.7 Å². The quantitative estimate of drug-likeness (QED) is 0.868. The number of aliphatic carboxylic acids is 1. The van der Waals surface area contributed by atoms with Gasteiger partial charge in [0.05, 0.1) is 6.33 Å². The van der Waals surface area contributed by atoms with Gasteiger partial charge < -0.3 is 14.4 Å². The van der Waals surface area contributed by atoms with Gasteiger partial charge in [-0.1, -0.05) is 0 Å². The predicted molar refractivity (Wildman–Crippen MR) is 76.9 cm³/mol. The highest BCUT2D eigenvalue weighted by atomic mass is 16.6. The van der Waals surface area contributed by atoms with Crippen molar-refractivity contribution in [3.8, 4) is 0 Å². The molecule has 0 spiro atoms. The van der Waals surface area contributed by atoms with Gasteiger partial charge in [-0.25, -0.2) is 14.6 Å². The van der Waals surface area contributed by atoms with Crippen LogP contribution in [0.2, 0.25) is 0 Å². The number of imidazole rings is 1. The number of carboxylic acids is 1. The van der Waals surface area contributed by atoms with Gasteiger partial charge in [0.25, 0.3) is 0 Å². The molecule has 1 aromatic heterocycles. The van der Waals surface area contributed by atoms with Crippen LogP contribution in [0.3, 0.4) is 0 Å². The molecule has 1 N–H and O–H groups in total. The van der Waals surface area contributed by atoms with E-state index in [-0.39, 0.29) is 0 Å². The number of carboxylic acid groups (broad SMARTS) is 1. The summed E-state index contributed by atoms with van der Waals surface area (Å²) in [7, 11) is 1.45. The first-order valence-electron chi connectivity index (χ1n) is 6.85. The molecule has 1 heterocycles. The highest BCUT2D eigenvalue weighted by Crippen LogP contribution is 2.13. The lowest BCUT2D eigenvalue weighted by molar-refractivity contribution is -0.143. The Labute approximate surface area is 124 Å². The van der Waals surface area contributed by atoms with E-state index in [0.717, 1.165) is 4.90 Å². The van der Waals surface area contributed by atoms with Crippen LogP contribution >= 0.6 is 0 Å². The molecule has 1 unspecified atom stereocenters. The molecule has 21 heavy (non-hydrogen) atoms. The summed E-state index contributed by atoms with van der Waals surface area (Å²) in [4.78, 5) is 28.3. The van der Waals surface area contributed by atoms with Crippen molar-refractivity contribution in [2.24, 2.45) is 0 Å². The first kappa shape index (κ1) is 17.0. The Morgan fingerprint density at radius 1 is 1.43 bits per heavy atom. The minimum atomic E-state index is -1.03. The summed E-state index contributed by atoms with van der Waals surface area (Å²) in [6, 6.07) is -0.900. The highest BCUT2D eigenvalue weighted by molar-refractivity contribution is 5.79. The highest BCUT2D eigenvalue weighted by Gasteiger charge is 2.29. The summed E-state index contributed by atoms with van der Waals surface area (Å²) in [5, 5.41) is 9.28. The third kappa shape index (κ3) is 5.85. The fraction of sp³-hybridized carbons (Fsp3) is 0.643. The van der Waals surface area contributed by atoms with E-state index in [0.29, 0.717) is 19.4 Å². The van der Waals surface area contributed by atoms with Crippen molar-refractivity contribution in [3.05, 3.63) is 18.7 Å². The van der Waals surface area contributed by atoms with Gasteiger partial charge in [-0.2, -0.15) is 0 Å². The van der Waals surface area contributed by atoms with Gasteiger partial charge in [0.15, 0.2) is 0 Å². The maximum atomic E-state index is 11.9. The Bertz CT molecular complexity index is 465. The zero-order chi connectivity index (χ0) is 16.0. The van der Waals surface area contributed by atoms with Crippen molar-refractivity contribution in [1.29, 1.82) is 0 Å². The van der Waals surface area contributed by atoms with E-state index in [9.17, 15) is 14.7 Å². The topological polar surface area (TPSA) is 84.7 Å². The number of likely N-dealkylation sites (N-methyl/N-ethyl adjacent to an activating group) is 1. The molecule has 0 saturated heterocycles. The average Bonchev–Trinajstić information content (AvgIpc) is 2.84. The van der Waals surface area contributed by atoms with Crippen LogP contribution < -0.4 is 0 Å². The zero-order valence-electron chi connectivity index (χ0n) is 12.9. The van der Waals surface area contributed by atoms with E-state index in [1.807, 2.05) is 10.8 Å². The number of aromatic nitrogens is 2. The third-order valence-electron chi connectivity index (χ3n) is 2.89. The van der Waals surface area contributed by atoms with E-state index < -0.39 is 23.7 Å². The second-order valence-electron chi connectivity index (χ2n) is 5.89. The van der Waals surface area contributed by atoms with Crippen molar-refractivity contribution in [1.82, 2.24) is 14.5 Å². The standard InChI is InChI=1S/C14H23N3O4/c1-14(2,3)21-13(20)16(4)11(12(18)19)6-5-8-17-9-7-15-10-17/h7,9-11H,5-6,8H2,1-4H3,(H,18,19). The van der Waals surface area contributed by atoms with Gasteiger partial charge >= 0.3 is 12.1 Å². The normalized spacial score (nSPS) is 12.8. The molecular weight excluding hydrogens is 274 g/mol. The summed E-state index contributed by atoms with van der Waals surface area (Å²) >= 11 is 0. The summed E-state index contributed by atoms with van der Waals surface area (Å²) in [6.07, 6.45) is 5.50. The fourth-order valence-corrected chi connectivity index (χ4v) is 1.83. The van der Waals surface area contributed by atoms with Gasteiger partial charge in [-0.05, 0) is 33.6 Å². The SMILES string of the molecule is CN(C(=O)OC(C)(C)C)C(CCCn1ccnc1)C(=O)O. The molecule has 0 radical (unpaired) electrons. The zero-order valence-corrected chi connectivity index (χ0v) is 12.9. The molecule has 0 aliphatic rings. The Morgan fingerprint density at radius 3 is 2.57 bits per heavy atom. The van der Waals surface area contributed by atoms with Crippen LogP contribution in [0.1, 0.15) is 33.6 Å². The predicted octanol–water partition coefficient (Wildman–Crippen LogP) is 1.98. The summed E-state index contributed by atoms with van der Waals surface area (Å²) in [6.45, 7) is 5.89. The van der Waals surface area contributed by atoms with Crippen LogP contribution in [0.4, 0.5) is 4.79 Å². The number of carbonyl (C=O) groups is 2. The first-order valence-corrected chi connectivity index (χ1v) is 6.85. The number of nitrogens with zero attached hydrogens (tertiary/aromatic N) is 3. The fourth-order valence-electron chi connectivity index (χ4n) is 1.83. The van der Waals surface area contributed by atoms with Crippen LogP contribution in [0.5, 0.6) is 0 Å². The van der Waals surface area contributed by atoms with Gasteiger partial charge in [0.2, 0.25) is 0 Å². The number of rotatable bonds is 6. The summed E-state index contributed by atoms with van der Waals surface area (Å²) in [5.41, 5.74) is -0.648. The van der Waals surface area contributed by atoms with Crippen molar-refractivity contribution >= 4 is 12.1 Å². The molecule has 0 aromatic carbocycles.